The van der Waals surface area contributed by atoms with Gasteiger partial charge in [0.1, 0.15) is 17.4 Å². The number of carbonyl (C=O) groups is 1. The molecule has 0 amide bonds. The van der Waals surface area contributed by atoms with Gasteiger partial charge in [0.15, 0.2) is 5.79 Å². The lowest BCUT2D eigenvalue weighted by Gasteiger charge is -2.21. The molecular weight excluding hydrogens is 248 g/mol. The molecule has 19 heavy (non-hydrogen) atoms. The third-order valence-electron chi connectivity index (χ3n) is 3.33. The van der Waals surface area contributed by atoms with Gasteiger partial charge in [-0.2, -0.15) is 0 Å². The zero-order chi connectivity index (χ0) is 14.0. The van der Waals surface area contributed by atoms with Gasteiger partial charge in [0.05, 0.1) is 25.4 Å². The van der Waals surface area contributed by atoms with Gasteiger partial charge >= 0.3 is 5.97 Å². The van der Waals surface area contributed by atoms with Crippen LogP contribution in [0.2, 0.25) is 0 Å². The van der Waals surface area contributed by atoms with Crippen molar-refractivity contribution in [2.24, 2.45) is 0 Å². The Hall–Kier alpha value is -1.33. The molecule has 0 aliphatic carbocycles. The lowest BCUT2D eigenvalue weighted by Crippen LogP contribution is -2.22. The van der Waals surface area contributed by atoms with Gasteiger partial charge in [-0.3, -0.25) is 4.79 Å². The first kappa shape index (κ1) is 14.1. The molecule has 5 nitrogen and oxygen atoms in total. The molecule has 1 aliphatic rings. The molecular formula is C14H20O5. The summed E-state index contributed by atoms with van der Waals surface area (Å²) in [7, 11) is 0. The first-order chi connectivity index (χ1) is 8.98. The summed E-state index contributed by atoms with van der Waals surface area (Å²) in [6.07, 6.45) is 0. The number of furan rings is 1. The van der Waals surface area contributed by atoms with Gasteiger partial charge in [-0.05, 0) is 33.8 Å². The van der Waals surface area contributed by atoms with Gasteiger partial charge in [0, 0.05) is 0 Å². The van der Waals surface area contributed by atoms with Crippen molar-refractivity contribution in [2.75, 3.05) is 19.8 Å². The molecule has 1 saturated heterocycles. The lowest BCUT2D eigenvalue weighted by atomic mass is 10.0. The second kappa shape index (κ2) is 5.35. The van der Waals surface area contributed by atoms with Gasteiger partial charge in [0.25, 0.3) is 0 Å². The molecule has 106 valence electrons. The fourth-order valence-corrected chi connectivity index (χ4v) is 2.22. The molecule has 1 atom stereocenters. The molecule has 5 heteroatoms. The number of carbonyl (C=O) groups excluding carboxylic acids is 1. The van der Waals surface area contributed by atoms with Crippen LogP contribution in [0.5, 0.6) is 0 Å². The summed E-state index contributed by atoms with van der Waals surface area (Å²) in [5.41, 5.74) is 0.830. The highest BCUT2D eigenvalue weighted by molar-refractivity contribution is 5.76. The number of esters is 1. The summed E-state index contributed by atoms with van der Waals surface area (Å²) in [5, 5.41) is 0. The Labute approximate surface area is 112 Å². The summed E-state index contributed by atoms with van der Waals surface area (Å²) >= 11 is 0. The normalized spacial score (nSPS) is 19.4. The second-order valence-electron chi connectivity index (χ2n) is 4.73. The van der Waals surface area contributed by atoms with Crippen molar-refractivity contribution in [3.63, 3.8) is 0 Å². The van der Waals surface area contributed by atoms with Crippen LogP contribution in [0.4, 0.5) is 0 Å². The quantitative estimate of drug-likeness (QED) is 0.785. The number of hydrogen-bond acceptors (Lipinski definition) is 5. The Morgan fingerprint density at radius 3 is 2.68 bits per heavy atom. The van der Waals surface area contributed by atoms with E-state index in [0.29, 0.717) is 31.3 Å². The van der Waals surface area contributed by atoms with E-state index >= 15 is 0 Å². The van der Waals surface area contributed by atoms with Crippen molar-refractivity contribution in [3.05, 3.63) is 23.2 Å². The fourth-order valence-electron chi connectivity index (χ4n) is 2.22. The Balaban J connectivity index is 2.23. The molecule has 1 fully saturated rings. The van der Waals surface area contributed by atoms with Crippen molar-refractivity contribution >= 4 is 5.97 Å². The minimum absolute atomic E-state index is 0.291. The van der Waals surface area contributed by atoms with Crippen molar-refractivity contribution in [2.45, 2.75) is 39.4 Å². The minimum Gasteiger partial charge on any atom is -0.465 e. The minimum atomic E-state index is -0.778. The molecule has 1 aliphatic heterocycles. The number of rotatable bonds is 4. The Kier molecular flexibility index (Phi) is 3.96. The molecule has 1 unspecified atom stereocenters. The Morgan fingerprint density at radius 1 is 1.47 bits per heavy atom. The van der Waals surface area contributed by atoms with Gasteiger partial charge in [-0.25, -0.2) is 0 Å². The highest BCUT2D eigenvalue weighted by Gasteiger charge is 2.37. The maximum Gasteiger partial charge on any atom is 0.316 e. The fraction of sp³-hybridized carbons (Fsp3) is 0.643. The highest BCUT2D eigenvalue weighted by Crippen LogP contribution is 2.36. The smallest absolute Gasteiger partial charge is 0.316 e. The summed E-state index contributed by atoms with van der Waals surface area (Å²) in [5.74, 6) is -0.222. The van der Waals surface area contributed by atoms with Gasteiger partial charge in [-0.15, -0.1) is 0 Å². The summed E-state index contributed by atoms with van der Waals surface area (Å²) in [6, 6.07) is 1.82. The van der Waals surface area contributed by atoms with E-state index in [1.54, 1.807) is 13.8 Å². The molecule has 1 aromatic rings. The van der Waals surface area contributed by atoms with Crippen molar-refractivity contribution in [3.8, 4) is 0 Å². The molecule has 2 heterocycles. The Bertz CT molecular complexity index is 456. The topological polar surface area (TPSA) is 57.9 Å². The molecule has 0 bridgehead atoms. The lowest BCUT2D eigenvalue weighted by molar-refractivity contribution is -0.150. The van der Waals surface area contributed by atoms with E-state index in [4.69, 9.17) is 18.6 Å². The van der Waals surface area contributed by atoms with Crippen molar-refractivity contribution < 1.29 is 23.4 Å². The maximum absolute atomic E-state index is 11.7. The molecule has 0 spiro atoms. The molecule has 1 aromatic heterocycles. The zero-order valence-corrected chi connectivity index (χ0v) is 11.8. The summed E-state index contributed by atoms with van der Waals surface area (Å²) in [4.78, 5) is 11.7. The average molecular weight is 268 g/mol. The van der Waals surface area contributed by atoms with E-state index in [0.717, 1.165) is 5.56 Å². The first-order valence-corrected chi connectivity index (χ1v) is 6.53. The number of hydrogen-bond donors (Lipinski definition) is 0. The van der Waals surface area contributed by atoms with Crippen LogP contribution in [0.15, 0.2) is 10.5 Å². The largest absolute Gasteiger partial charge is 0.465 e. The standard InChI is InChI=1S/C14H20O5/c1-5-16-13(15)9(2)12-8-11(10(3)19-12)14(4)17-6-7-18-14/h8-9H,5-7H2,1-4H3. The molecule has 0 N–H and O–H groups in total. The van der Waals surface area contributed by atoms with E-state index in [-0.39, 0.29) is 5.97 Å². The second-order valence-corrected chi connectivity index (χ2v) is 4.73. The predicted octanol–water partition coefficient (Wildman–Crippen LogP) is 2.47. The molecule has 2 rings (SSSR count). The Morgan fingerprint density at radius 2 is 2.11 bits per heavy atom. The average Bonchev–Trinajstić information content (AvgIpc) is 2.96. The summed E-state index contributed by atoms with van der Waals surface area (Å²) < 4.78 is 21.9. The predicted molar refractivity (Wildman–Crippen MR) is 67.7 cm³/mol. The third-order valence-corrected chi connectivity index (χ3v) is 3.33. The van der Waals surface area contributed by atoms with Crippen LogP contribution in [0.3, 0.4) is 0 Å². The monoisotopic (exact) mass is 268 g/mol. The van der Waals surface area contributed by atoms with Crippen LogP contribution in [-0.4, -0.2) is 25.8 Å². The van der Waals surface area contributed by atoms with Gasteiger partial charge in [-0.1, -0.05) is 0 Å². The van der Waals surface area contributed by atoms with Crippen LogP contribution in [0, 0.1) is 6.92 Å². The van der Waals surface area contributed by atoms with Crippen LogP contribution in [-0.2, 0) is 24.8 Å². The third kappa shape index (κ3) is 2.67. The molecule has 0 saturated carbocycles. The van der Waals surface area contributed by atoms with Crippen LogP contribution < -0.4 is 0 Å². The van der Waals surface area contributed by atoms with E-state index in [1.165, 1.54) is 0 Å². The van der Waals surface area contributed by atoms with Gasteiger partial charge < -0.3 is 18.6 Å². The van der Waals surface area contributed by atoms with E-state index in [9.17, 15) is 4.79 Å². The SMILES string of the molecule is CCOC(=O)C(C)c1cc(C2(C)OCCO2)c(C)o1. The van der Waals surface area contributed by atoms with Crippen LogP contribution in [0.1, 0.15) is 43.8 Å². The zero-order valence-electron chi connectivity index (χ0n) is 11.8. The summed E-state index contributed by atoms with van der Waals surface area (Å²) in [6.45, 7) is 8.72. The molecule has 0 radical (unpaired) electrons. The van der Waals surface area contributed by atoms with Crippen LogP contribution >= 0.6 is 0 Å². The highest BCUT2D eigenvalue weighted by atomic mass is 16.7. The van der Waals surface area contributed by atoms with Crippen molar-refractivity contribution in [1.82, 2.24) is 0 Å². The number of aryl methyl sites for hydroxylation is 1. The number of ether oxygens (including phenoxy) is 3. The van der Waals surface area contributed by atoms with Crippen LogP contribution in [0.25, 0.3) is 0 Å². The van der Waals surface area contributed by atoms with Gasteiger partial charge in [0.2, 0.25) is 0 Å². The van der Waals surface area contributed by atoms with E-state index in [2.05, 4.69) is 0 Å². The first-order valence-electron chi connectivity index (χ1n) is 6.53. The molecule has 0 aromatic carbocycles. The van der Waals surface area contributed by atoms with Crippen molar-refractivity contribution in [1.29, 1.82) is 0 Å². The maximum atomic E-state index is 11.7. The van der Waals surface area contributed by atoms with E-state index < -0.39 is 11.7 Å². The van der Waals surface area contributed by atoms with E-state index in [1.807, 2.05) is 19.9 Å².